The first-order chi connectivity index (χ1) is 18.3. The Bertz CT molecular complexity index is 1420. The molecule has 8 nitrogen and oxygen atoms in total. The van der Waals surface area contributed by atoms with Gasteiger partial charge >= 0.3 is 0 Å². The number of carbonyl (C=O) groups is 4. The molecule has 2 saturated heterocycles. The Hall–Kier alpha value is -2.36. The van der Waals surface area contributed by atoms with Crippen molar-refractivity contribution >= 4 is 62.8 Å². The maximum Gasteiger partial charge on any atom is 0.254 e. The molecule has 39 heavy (non-hydrogen) atoms. The molecule has 11 heteroatoms. The highest BCUT2D eigenvalue weighted by Crippen LogP contribution is 2.65. The number of fused-ring (bicyclic) bond motifs is 5. The van der Waals surface area contributed by atoms with Crippen LogP contribution in [0.3, 0.4) is 0 Å². The average Bonchev–Trinajstić information content (AvgIpc) is 3.21. The Morgan fingerprint density at radius 2 is 1.82 bits per heavy atom. The molecule has 5 aliphatic rings. The quantitative estimate of drug-likeness (QED) is 0.225. The van der Waals surface area contributed by atoms with Crippen LogP contribution in [0.25, 0.3) is 0 Å². The molecule has 3 aliphatic heterocycles. The molecule has 0 radical (unpaired) electrons. The maximum absolute atomic E-state index is 13.9. The third kappa shape index (κ3) is 3.42. The first-order valence-corrected chi connectivity index (χ1v) is 14.7. The first kappa shape index (κ1) is 26.8. The minimum Gasteiger partial charge on any atom is -0.508 e. The normalized spacial score (nSPS) is 35.6. The van der Waals surface area contributed by atoms with Gasteiger partial charge in [-0.3, -0.25) is 29.0 Å². The van der Waals surface area contributed by atoms with Gasteiger partial charge in [0.1, 0.15) is 11.5 Å². The number of alkyl halides is 3. The van der Waals surface area contributed by atoms with Gasteiger partial charge in [-0.1, -0.05) is 27.6 Å². The Labute approximate surface area is 244 Å². The molecule has 6 rings (SSSR count). The third-order valence-corrected chi connectivity index (χ3v) is 10.7. The van der Waals surface area contributed by atoms with E-state index in [-0.39, 0.29) is 35.9 Å². The number of aromatic hydroxyl groups is 1. The van der Waals surface area contributed by atoms with Gasteiger partial charge in [0.2, 0.25) is 11.8 Å². The molecule has 0 unspecified atom stereocenters. The molecular formula is C28H27BrCl2N2O6. The molecule has 1 saturated carbocycles. The summed E-state index contributed by atoms with van der Waals surface area (Å²) in [6.45, 7) is 5.44. The number of nitrogens with zero attached hydrogens (tertiary/aromatic N) is 2. The number of hydrogen-bond acceptors (Lipinski definition) is 6. The maximum atomic E-state index is 13.9. The molecule has 1 N–H and O–H groups in total. The van der Waals surface area contributed by atoms with E-state index < -0.39 is 50.8 Å². The van der Waals surface area contributed by atoms with E-state index in [1.807, 2.05) is 26.8 Å². The van der Waals surface area contributed by atoms with Crippen LogP contribution in [0.4, 0.5) is 0 Å². The number of likely N-dealkylation sites (tertiary alicyclic amines) is 2. The fourth-order valence-corrected chi connectivity index (χ4v) is 8.67. The van der Waals surface area contributed by atoms with Crippen molar-refractivity contribution in [1.82, 2.24) is 9.80 Å². The highest BCUT2D eigenvalue weighted by Gasteiger charge is 2.76. The van der Waals surface area contributed by atoms with E-state index >= 15 is 0 Å². The van der Waals surface area contributed by atoms with Crippen LogP contribution in [0, 0.1) is 23.7 Å². The topological polar surface area (TPSA) is 104 Å². The summed E-state index contributed by atoms with van der Waals surface area (Å²) in [5.74, 6) is -3.95. The number of imide groups is 2. The van der Waals surface area contributed by atoms with Crippen LogP contribution in [0.5, 0.6) is 11.5 Å². The van der Waals surface area contributed by atoms with Crippen molar-refractivity contribution in [2.45, 2.75) is 55.3 Å². The summed E-state index contributed by atoms with van der Waals surface area (Å²) >= 11 is 17.7. The second-order valence-electron chi connectivity index (χ2n) is 11.9. The average molecular weight is 638 g/mol. The van der Waals surface area contributed by atoms with E-state index in [1.165, 1.54) is 17.2 Å². The van der Waals surface area contributed by atoms with Gasteiger partial charge in [0.25, 0.3) is 11.8 Å². The van der Waals surface area contributed by atoms with E-state index in [1.54, 1.807) is 12.1 Å². The van der Waals surface area contributed by atoms with Crippen LogP contribution >= 0.6 is 39.1 Å². The number of rotatable bonds is 2. The summed E-state index contributed by atoms with van der Waals surface area (Å²) in [6.07, 6.45) is 3.96. The van der Waals surface area contributed by atoms with Crippen LogP contribution in [-0.2, 0) is 25.6 Å². The van der Waals surface area contributed by atoms with Gasteiger partial charge < -0.3 is 9.84 Å². The summed E-state index contributed by atoms with van der Waals surface area (Å²) in [7, 11) is 0. The molecule has 2 aliphatic carbocycles. The second-order valence-corrected chi connectivity index (χ2v) is 13.7. The predicted octanol–water partition coefficient (Wildman–Crippen LogP) is 4.25. The Balaban J connectivity index is 1.52. The number of phenolic OH excluding ortho intramolecular Hbond substituents is 1. The SMILES string of the molecule is CC(C)(C)N1C(=O)[C@H]2[C@H](CC=C3[C@H](C4=COc5ccc(O)cc5C4)[C@]4(Cl)C(=O)N(CBr)C(=O)[C@]4(Cl)C[C@H]32)C1=O. The summed E-state index contributed by atoms with van der Waals surface area (Å²) in [4.78, 5) is 53.4. The zero-order valence-electron chi connectivity index (χ0n) is 21.5. The van der Waals surface area contributed by atoms with Gasteiger partial charge in [0, 0.05) is 23.4 Å². The van der Waals surface area contributed by atoms with Crippen molar-refractivity contribution in [2.24, 2.45) is 23.7 Å². The monoisotopic (exact) mass is 636 g/mol. The third-order valence-electron chi connectivity index (χ3n) is 8.83. The lowest BCUT2D eigenvalue weighted by molar-refractivity contribution is -0.146. The number of benzene rings is 1. The van der Waals surface area contributed by atoms with E-state index in [4.69, 9.17) is 27.9 Å². The zero-order valence-corrected chi connectivity index (χ0v) is 24.6. The van der Waals surface area contributed by atoms with Gasteiger partial charge in [-0.15, -0.1) is 23.2 Å². The van der Waals surface area contributed by atoms with Gasteiger partial charge in [0.15, 0.2) is 9.75 Å². The lowest BCUT2D eigenvalue weighted by Gasteiger charge is -2.51. The molecule has 3 heterocycles. The van der Waals surface area contributed by atoms with Crippen molar-refractivity contribution in [3.8, 4) is 11.5 Å². The fraction of sp³-hybridized carbons (Fsp3) is 0.500. The van der Waals surface area contributed by atoms with Crippen LogP contribution in [0.1, 0.15) is 39.2 Å². The van der Waals surface area contributed by atoms with Crippen LogP contribution < -0.4 is 4.74 Å². The second kappa shape index (κ2) is 8.57. The molecule has 0 spiro atoms. The van der Waals surface area contributed by atoms with Crippen molar-refractivity contribution < 1.29 is 29.0 Å². The van der Waals surface area contributed by atoms with E-state index in [0.717, 1.165) is 10.5 Å². The van der Waals surface area contributed by atoms with Crippen molar-refractivity contribution in [3.63, 3.8) is 0 Å². The molecular weight excluding hydrogens is 611 g/mol. The summed E-state index contributed by atoms with van der Waals surface area (Å²) < 4.78 is 5.90. The van der Waals surface area contributed by atoms with Crippen molar-refractivity contribution in [3.05, 3.63) is 47.2 Å². The van der Waals surface area contributed by atoms with Gasteiger partial charge in [-0.2, -0.15) is 0 Å². The molecule has 6 atom stereocenters. The summed E-state index contributed by atoms with van der Waals surface area (Å²) in [5, 5.41) is 10.1. The minimum absolute atomic E-state index is 0.0574. The number of ether oxygens (including phenoxy) is 1. The smallest absolute Gasteiger partial charge is 0.254 e. The zero-order chi connectivity index (χ0) is 28.2. The van der Waals surface area contributed by atoms with Crippen LogP contribution in [0.2, 0.25) is 0 Å². The molecule has 0 bridgehead atoms. The highest BCUT2D eigenvalue weighted by atomic mass is 79.9. The molecule has 1 aromatic carbocycles. The number of amides is 4. The Kier molecular flexibility index (Phi) is 5.90. The standard InChI is InChI=1S/C28H27BrCl2N2O6/c1-26(2,3)33-22(35)17-6-5-16-18(20(17)23(33)36)10-27(30)24(37)32(12-29)25(38)28(27,31)21(16)14-8-13-9-15(34)4-7-19(13)39-11-14/h4-5,7,9,11,17-18,20-21,34H,6,8,10,12H2,1-3H3/t17-,18+,20-,21-,27+,28-/m0/s1. The molecule has 4 amide bonds. The predicted molar refractivity (Wildman–Crippen MR) is 146 cm³/mol. The minimum atomic E-state index is -1.88. The molecule has 3 fully saturated rings. The number of phenols is 1. The number of carbonyl (C=O) groups excluding carboxylic acids is 4. The van der Waals surface area contributed by atoms with Crippen molar-refractivity contribution in [1.29, 1.82) is 0 Å². The molecule has 0 aromatic heterocycles. The van der Waals surface area contributed by atoms with Gasteiger partial charge in [-0.05, 0) is 63.3 Å². The highest BCUT2D eigenvalue weighted by molar-refractivity contribution is 9.09. The summed E-state index contributed by atoms with van der Waals surface area (Å²) in [5.41, 5.74) is 1.20. The van der Waals surface area contributed by atoms with Crippen LogP contribution in [-0.4, -0.2) is 59.3 Å². The Morgan fingerprint density at radius 3 is 2.49 bits per heavy atom. The van der Waals surface area contributed by atoms with Crippen LogP contribution in [0.15, 0.2) is 41.7 Å². The molecule has 206 valence electrons. The van der Waals surface area contributed by atoms with E-state index in [2.05, 4.69) is 15.9 Å². The Morgan fingerprint density at radius 1 is 1.10 bits per heavy atom. The summed E-state index contributed by atoms with van der Waals surface area (Å²) in [6, 6.07) is 4.74. The van der Waals surface area contributed by atoms with Crippen molar-refractivity contribution in [2.75, 3.05) is 5.45 Å². The van der Waals surface area contributed by atoms with E-state index in [0.29, 0.717) is 23.3 Å². The molecule has 1 aromatic rings. The fourth-order valence-electron chi connectivity index (χ4n) is 7.23. The lowest BCUT2D eigenvalue weighted by Crippen LogP contribution is -2.61. The first-order valence-electron chi connectivity index (χ1n) is 12.8. The number of allylic oxidation sites excluding steroid dienone is 3. The largest absolute Gasteiger partial charge is 0.508 e. The van der Waals surface area contributed by atoms with E-state index in [9.17, 15) is 24.3 Å². The lowest BCUT2D eigenvalue weighted by atomic mass is 9.56. The van der Waals surface area contributed by atoms with Gasteiger partial charge in [-0.25, -0.2) is 0 Å². The van der Waals surface area contributed by atoms with Gasteiger partial charge in [0.05, 0.1) is 23.6 Å². The number of hydrogen-bond donors (Lipinski definition) is 1. The number of halogens is 3.